The monoisotopic (exact) mass is 593 g/mol. The van der Waals surface area contributed by atoms with Gasteiger partial charge in [0.15, 0.2) is 5.82 Å². The van der Waals surface area contributed by atoms with Gasteiger partial charge in [-0.15, -0.1) is 10.2 Å². The standard InChI is InChI=1S/C37H35N7O/c1-2-25-14-17-29(18-15-25)44-35(19-16-26-23-39-32-12-5-3-10-30(26)32)42-43-37(44)34(41-36(45)22-28-9-7-8-20-38-28)21-27-24-40-33-13-6-4-11-31(27)33/h3-15,17-18,20,23-24,34,39-40H,2,16,19,21-22H2,1H3,(H,41,45). The molecule has 0 saturated heterocycles. The summed E-state index contributed by atoms with van der Waals surface area (Å²) >= 11 is 0. The van der Waals surface area contributed by atoms with Gasteiger partial charge in [0.1, 0.15) is 5.82 Å². The van der Waals surface area contributed by atoms with E-state index in [9.17, 15) is 4.79 Å². The van der Waals surface area contributed by atoms with Crippen LogP contribution in [0.2, 0.25) is 0 Å². The molecule has 0 bridgehead atoms. The Morgan fingerprint density at radius 2 is 1.49 bits per heavy atom. The zero-order valence-corrected chi connectivity index (χ0v) is 25.2. The summed E-state index contributed by atoms with van der Waals surface area (Å²) in [5.41, 5.74) is 7.47. The van der Waals surface area contributed by atoms with Gasteiger partial charge in [-0.3, -0.25) is 14.3 Å². The molecule has 8 nitrogen and oxygen atoms in total. The number of para-hydroxylation sites is 2. The van der Waals surface area contributed by atoms with Crippen LogP contribution in [0, 0.1) is 0 Å². The van der Waals surface area contributed by atoms with E-state index in [0.29, 0.717) is 18.7 Å². The van der Waals surface area contributed by atoms with Crippen LogP contribution >= 0.6 is 0 Å². The average Bonchev–Trinajstić information content (AvgIpc) is 3.81. The minimum absolute atomic E-state index is 0.116. The lowest BCUT2D eigenvalue weighted by atomic mass is 10.0. The van der Waals surface area contributed by atoms with E-state index in [1.54, 1.807) is 6.20 Å². The predicted molar refractivity (Wildman–Crippen MR) is 177 cm³/mol. The smallest absolute Gasteiger partial charge is 0.226 e. The molecule has 7 rings (SSSR count). The van der Waals surface area contributed by atoms with Gasteiger partial charge in [-0.1, -0.05) is 61.5 Å². The highest BCUT2D eigenvalue weighted by molar-refractivity contribution is 5.84. The molecule has 224 valence electrons. The van der Waals surface area contributed by atoms with Crippen LogP contribution in [0.5, 0.6) is 0 Å². The molecule has 0 aliphatic rings. The zero-order valence-electron chi connectivity index (χ0n) is 25.2. The second-order valence-corrected chi connectivity index (χ2v) is 11.4. The number of aromatic nitrogens is 6. The first-order valence-corrected chi connectivity index (χ1v) is 15.5. The number of aromatic amines is 2. The molecule has 1 amide bonds. The largest absolute Gasteiger partial charge is 0.361 e. The number of hydrogen-bond donors (Lipinski definition) is 3. The van der Waals surface area contributed by atoms with Crippen LogP contribution in [0.3, 0.4) is 0 Å². The number of nitrogens with one attached hydrogen (secondary N) is 3. The van der Waals surface area contributed by atoms with Crippen molar-refractivity contribution in [1.82, 2.24) is 35.0 Å². The normalized spacial score (nSPS) is 12.1. The molecule has 4 heterocycles. The van der Waals surface area contributed by atoms with Crippen molar-refractivity contribution in [2.24, 2.45) is 0 Å². The van der Waals surface area contributed by atoms with Gasteiger partial charge in [0.25, 0.3) is 0 Å². The molecule has 0 aliphatic carbocycles. The third-order valence-corrected chi connectivity index (χ3v) is 8.46. The summed E-state index contributed by atoms with van der Waals surface area (Å²) in [6.45, 7) is 2.15. The molecule has 1 unspecified atom stereocenters. The lowest BCUT2D eigenvalue weighted by Gasteiger charge is -2.20. The van der Waals surface area contributed by atoms with Crippen molar-refractivity contribution < 1.29 is 4.79 Å². The summed E-state index contributed by atoms with van der Waals surface area (Å²) in [6.07, 6.45) is 8.99. The summed E-state index contributed by atoms with van der Waals surface area (Å²) < 4.78 is 2.13. The van der Waals surface area contributed by atoms with Gasteiger partial charge in [0, 0.05) is 64.6 Å². The minimum Gasteiger partial charge on any atom is -0.361 e. The fraction of sp³-hybridized carbons (Fsp3) is 0.189. The molecule has 3 aromatic carbocycles. The van der Waals surface area contributed by atoms with Crippen LogP contribution < -0.4 is 5.32 Å². The third-order valence-electron chi connectivity index (χ3n) is 8.46. The van der Waals surface area contributed by atoms with E-state index in [1.807, 2.05) is 42.6 Å². The van der Waals surface area contributed by atoms with Gasteiger partial charge in [-0.2, -0.15) is 0 Å². The van der Waals surface area contributed by atoms with Crippen molar-refractivity contribution in [2.75, 3.05) is 0 Å². The number of nitrogens with zero attached hydrogens (tertiary/aromatic N) is 4. The number of H-pyrrole nitrogens is 2. The molecule has 8 heteroatoms. The molecule has 45 heavy (non-hydrogen) atoms. The van der Waals surface area contributed by atoms with E-state index >= 15 is 0 Å². The molecule has 0 saturated carbocycles. The number of aryl methyl sites for hydroxylation is 3. The number of hydrogen-bond acceptors (Lipinski definition) is 4. The highest BCUT2D eigenvalue weighted by atomic mass is 16.1. The maximum Gasteiger partial charge on any atom is 0.226 e. The summed E-state index contributed by atoms with van der Waals surface area (Å²) in [5, 5.41) is 15.2. The van der Waals surface area contributed by atoms with Crippen molar-refractivity contribution in [2.45, 2.75) is 45.1 Å². The van der Waals surface area contributed by atoms with E-state index < -0.39 is 6.04 Å². The Morgan fingerprint density at radius 1 is 0.800 bits per heavy atom. The van der Waals surface area contributed by atoms with E-state index in [4.69, 9.17) is 10.2 Å². The van der Waals surface area contributed by atoms with Crippen LogP contribution in [0.15, 0.2) is 110 Å². The molecule has 7 aromatic rings. The Bertz CT molecular complexity index is 2050. The third kappa shape index (κ3) is 5.99. The van der Waals surface area contributed by atoms with Gasteiger partial charge in [0.2, 0.25) is 5.91 Å². The Morgan fingerprint density at radius 3 is 2.20 bits per heavy atom. The van der Waals surface area contributed by atoms with Crippen molar-refractivity contribution in [1.29, 1.82) is 0 Å². The van der Waals surface area contributed by atoms with Crippen molar-refractivity contribution in [3.05, 3.63) is 144 Å². The van der Waals surface area contributed by atoms with E-state index in [-0.39, 0.29) is 12.3 Å². The van der Waals surface area contributed by atoms with Crippen LogP contribution in [-0.2, 0) is 36.9 Å². The first-order valence-electron chi connectivity index (χ1n) is 15.5. The lowest BCUT2D eigenvalue weighted by Crippen LogP contribution is -2.33. The van der Waals surface area contributed by atoms with Gasteiger partial charge in [-0.05, 0) is 65.9 Å². The zero-order chi connectivity index (χ0) is 30.6. The maximum absolute atomic E-state index is 13.5. The molecule has 1 atom stereocenters. The van der Waals surface area contributed by atoms with Gasteiger partial charge in [-0.25, -0.2) is 0 Å². The first-order chi connectivity index (χ1) is 22.2. The Balaban J connectivity index is 1.27. The Hall–Kier alpha value is -5.50. The second-order valence-electron chi connectivity index (χ2n) is 11.4. The summed E-state index contributed by atoms with van der Waals surface area (Å²) in [6, 6.07) is 30.3. The number of carbonyl (C=O) groups is 1. The topological polar surface area (TPSA) is 104 Å². The van der Waals surface area contributed by atoms with Crippen LogP contribution in [0.1, 0.15) is 47.0 Å². The molecular formula is C37H35N7O. The molecule has 0 aliphatic heterocycles. The van der Waals surface area contributed by atoms with Gasteiger partial charge >= 0.3 is 0 Å². The van der Waals surface area contributed by atoms with Crippen LogP contribution in [-0.4, -0.2) is 35.6 Å². The summed E-state index contributed by atoms with van der Waals surface area (Å²) in [7, 11) is 0. The van der Waals surface area contributed by atoms with E-state index in [2.05, 4.69) is 92.6 Å². The SMILES string of the molecule is CCc1ccc(-n2c(CCc3c[nH]c4ccccc34)nnc2C(Cc2c[nH]c3ccccc23)NC(=O)Cc2ccccn2)cc1. The molecule has 0 spiro atoms. The summed E-state index contributed by atoms with van der Waals surface area (Å²) in [5.74, 6) is 1.44. The quantitative estimate of drug-likeness (QED) is 0.157. The predicted octanol–water partition coefficient (Wildman–Crippen LogP) is 6.62. The summed E-state index contributed by atoms with van der Waals surface area (Å²) in [4.78, 5) is 24.7. The molecule has 0 radical (unpaired) electrons. The molecular weight excluding hydrogens is 558 g/mol. The van der Waals surface area contributed by atoms with Crippen molar-refractivity contribution in [3.8, 4) is 5.69 Å². The van der Waals surface area contributed by atoms with Crippen molar-refractivity contribution >= 4 is 27.7 Å². The number of benzene rings is 3. The fourth-order valence-corrected chi connectivity index (χ4v) is 6.10. The number of rotatable bonds is 11. The van der Waals surface area contributed by atoms with E-state index in [1.165, 1.54) is 16.5 Å². The lowest BCUT2D eigenvalue weighted by molar-refractivity contribution is -0.121. The number of carbonyl (C=O) groups excluding carboxylic acids is 1. The highest BCUT2D eigenvalue weighted by Gasteiger charge is 2.26. The first kappa shape index (κ1) is 28.3. The number of amides is 1. The van der Waals surface area contributed by atoms with Gasteiger partial charge < -0.3 is 15.3 Å². The fourth-order valence-electron chi connectivity index (χ4n) is 6.10. The minimum atomic E-state index is -0.430. The van der Waals surface area contributed by atoms with Crippen molar-refractivity contribution in [3.63, 3.8) is 0 Å². The number of fused-ring (bicyclic) bond motifs is 2. The van der Waals surface area contributed by atoms with Gasteiger partial charge in [0.05, 0.1) is 12.5 Å². The highest BCUT2D eigenvalue weighted by Crippen LogP contribution is 2.28. The number of pyridine rings is 1. The average molecular weight is 594 g/mol. The molecule has 4 aromatic heterocycles. The Labute approximate surface area is 261 Å². The maximum atomic E-state index is 13.5. The van der Waals surface area contributed by atoms with Crippen LogP contribution in [0.4, 0.5) is 0 Å². The second kappa shape index (κ2) is 12.6. The van der Waals surface area contributed by atoms with Crippen LogP contribution in [0.25, 0.3) is 27.5 Å². The Kier molecular flexibility index (Phi) is 7.93. The van der Waals surface area contributed by atoms with E-state index in [0.717, 1.165) is 52.0 Å². The molecule has 3 N–H and O–H groups in total. The molecule has 0 fully saturated rings.